The SMILES string of the molecule is CCC(I)SC1CC(=O)N(CCCCCC(C)=O)C1=O. The van der Waals surface area contributed by atoms with Gasteiger partial charge in [0.05, 0.1) is 8.51 Å². The maximum atomic E-state index is 12.2. The van der Waals surface area contributed by atoms with Crippen LogP contribution < -0.4 is 0 Å². The van der Waals surface area contributed by atoms with E-state index in [0.29, 0.717) is 22.6 Å². The highest BCUT2D eigenvalue weighted by atomic mass is 127. The smallest absolute Gasteiger partial charge is 0.242 e. The van der Waals surface area contributed by atoms with Gasteiger partial charge in [-0.3, -0.25) is 14.5 Å². The zero-order chi connectivity index (χ0) is 15.1. The van der Waals surface area contributed by atoms with Gasteiger partial charge in [0.2, 0.25) is 11.8 Å². The number of Topliss-reactive ketones (excluding diaryl/α,β-unsaturated/α-hetero) is 1. The Labute approximate surface area is 138 Å². The molecule has 0 aliphatic carbocycles. The molecule has 1 aliphatic rings. The third kappa shape index (κ3) is 5.71. The maximum absolute atomic E-state index is 12.2. The summed E-state index contributed by atoms with van der Waals surface area (Å²) in [6, 6.07) is 0. The number of ketones is 1. The van der Waals surface area contributed by atoms with Crippen LogP contribution in [-0.4, -0.2) is 37.5 Å². The van der Waals surface area contributed by atoms with Crippen molar-refractivity contribution in [3.63, 3.8) is 0 Å². The summed E-state index contributed by atoms with van der Waals surface area (Å²) in [6.07, 6.45) is 4.45. The second kappa shape index (κ2) is 9.02. The number of alkyl halides is 1. The molecule has 1 aliphatic heterocycles. The third-order valence-corrected chi connectivity index (χ3v) is 6.33. The number of rotatable bonds is 9. The molecule has 1 fully saturated rings. The summed E-state index contributed by atoms with van der Waals surface area (Å²) < 4.78 is 0.380. The largest absolute Gasteiger partial charge is 0.300 e. The quantitative estimate of drug-likeness (QED) is 0.253. The van der Waals surface area contributed by atoms with Gasteiger partial charge >= 0.3 is 0 Å². The summed E-state index contributed by atoms with van der Waals surface area (Å²) in [5.74, 6) is 0.128. The van der Waals surface area contributed by atoms with Crippen LogP contribution in [0.2, 0.25) is 0 Å². The Morgan fingerprint density at radius 1 is 1.40 bits per heavy atom. The number of unbranched alkanes of at least 4 members (excludes halogenated alkanes) is 2. The Bertz CT molecular complexity index is 375. The average Bonchev–Trinajstić information content (AvgIpc) is 2.65. The molecule has 0 aromatic rings. The molecule has 0 radical (unpaired) electrons. The van der Waals surface area contributed by atoms with Crippen LogP contribution in [0.5, 0.6) is 0 Å². The first-order valence-corrected chi connectivity index (χ1v) is 9.27. The first-order chi connectivity index (χ1) is 9.45. The van der Waals surface area contributed by atoms with E-state index in [-0.39, 0.29) is 22.8 Å². The van der Waals surface area contributed by atoms with Gasteiger partial charge in [-0.2, -0.15) is 0 Å². The number of nitrogens with zero attached hydrogens (tertiary/aromatic N) is 1. The zero-order valence-corrected chi connectivity index (χ0v) is 15.0. The Kier molecular flexibility index (Phi) is 8.09. The van der Waals surface area contributed by atoms with Crippen molar-refractivity contribution in [1.82, 2.24) is 4.90 Å². The normalized spacial score (nSPS) is 20.6. The summed E-state index contributed by atoms with van der Waals surface area (Å²) in [5.41, 5.74) is 0. The first kappa shape index (κ1) is 17.9. The number of imide groups is 1. The minimum atomic E-state index is -0.193. The lowest BCUT2D eigenvalue weighted by molar-refractivity contribution is -0.138. The second-order valence-corrected chi connectivity index (χ2v) is 8.80. The van der Waals surface area contributed by atoms with Crippen molar-refractivity contribution in [2.45, 2.75) is 60.9 Å². The molecule has 6 heteroatoms. The molecule has 1 heterocycles. The van der Waals surface area contributed by atoms with Crippen LogP contribution in [0.15, 0.2) is 0 Å². The monoisotopic (exact) mass is 411 g/mol. The van der Waals surface area contributed by atoms with Crippen molar-refractivity contribution in [2.24, 2.45) is 0 Å². The number of hydrogen-bond acceptors (Lipinski definition) is 4. The summed E-state index contributed by atoms with van der Waals surface area (Å²) in [6.45, 7) is 4.17. The summed E-state index contributed by atoms with van der Waals surface area (Å²) >= 11 is 3.91. The standard InChI is InChI=1S/C14H22INO3S/c1-3-12(15)20-11-9-13(18)16(14(11)19)8-6-4-5-7-10(2)17/h11-12H,3-9H2,1-2H3. The van der Waals surface area contributed by atoms with E-state index in [2.05, 4.69) is 29.5 Å². The Hall–Kier alpha value is -0.110. The van der Waals surface area contributed by atoms with E-state index in [0.717, 1.165) is 25.7 Å². The Morgan fingerprint density at radius 3 is 2.70 bits per heavy atom. The van der Waals surface area contributed by atoms with Gasteiger partial charge in [0.15, 0.2) is 0 Å². The fourth-order valence-corrected chi connectivity index (χ4v) is 4.18. The van der Waals surface area contributed by atoms with Gasteiger partial charge in [-0.25, -0.2) is 0 Å². The highest BCUT2D eigenvalue weighted by molar-refractivity contribution is 14.1. The Morgan fingerprint density at radius 2 is 2.10 bits per heavy atom. The number of likely N-dealkylation sites (tertiary alicyclic amines) is 1. The molecule has 1 rings (SSSR count). The molecule has 0 bridgehead atoms. The van der Waals surface area contributed by atoms with Crippen molar-refractivity contribution in [3.05, 3.63) is 0 Å². The van der Waals surface area contributed by atoms with Crippen LogP contribution in [0.4, 0.5) is 0 Å². The molecule has 0 spiro atoms. The third-order valence-electron chi connectivity index (χ3n) is 3.25. The van der Waals surface area contributed by atoms with E-state index in [9.17, 15) is 14.4 Å². The number of hydrogen-bond donors (Lipinski definition) is 0. The molecule has 20 heavy (non-hydrogen) atoms. The lowest BCUT2D eigenvalue weighted by Gasteiger charge is -2.15. The number of carbonyl (C=O) groups excluding carboxylic acids is 3. The van der Waals surface area contributed by atoms with Gasteiger partial charge < -0.3 is 4.79 Å². The maximum Gasteiger partial charge on any atom is 0.242 e. The number of halogens is 1. The van der Waals surface area contributed by atoms with E-state index in [1.54, 1.807) is 18.7 Å². The summed E-state index contributed by atoms with van der Waals surface area (Å²) in [5, 5.41) is -0.193. The number of thioether (sulfide) groups is 1. The predicted octanol–water partition coefficient (Wildman–Crippen LogP) is 3.17. The highest BCUT2D eigenvalue weighted by Crippen LogP contribution is 2.32. The second-order valence-electron chi connectivity index (χ2n) is 5.04. The minimum Gasteiger partial charge on any atom is -0.300 e. The van der Waals surface area contributed by atoms with E-state index in [4.69, 9.17) is 0 Å². The lowest BCUT2D eigenvalue weighted by atomic mass is 10.1. The fourth-order valence-electron chi connectivity index (χ4n) is 2.09. The van der Waals surface area contributed by atoms with Gasteiger partial charge in [-0.05, 0) is 26.2 Å². The van der Waals surface area contributed by atoms with Gasteiger partial charge in [0, 0.05) is 19.4 Å². The van der Waals surface area contributed by atoms with Gasteiger partial charge in [-0.1, -0.05) is 35.9 Å². The van der Waals surface area contributed by atoms with E-state index in [1.165, 1.54) is 4.90 Å². The van der Waals surface area contributed by atoms with E-state index >= 15 is 0 Å². The molecule has 0 N–H and O–H groups in total. The fraction of sp³-hybridized carbons (Fsp3) is 0.786. The minimum absolute atomic E-state index is 0.0262. The molecule has 0 saturated carbocycles. The lowest BCUT2D eigenvalue weighted by Crippen LogP contribution is -2.32. The van der Waals surface area contributed by atoms with Crippen LogP contribution in [0.1, 0.15) is 52.4 Å². The molecular weight excluding hydrogens is 389 g/mol. The molecule has 4 nitrogen and oxygen atoms in total. The molecule has 1 saturated heterocycles. The van der Waals surface area contributed by atoms with Crippen LogP contribution in [0.3, 0.4) is 0 Å². The summed E-state index contributed by atoms with van der Waals surface area (Å²) in [7, 11) is 0. The van der Waals surface area contributed by atoms with Gasteiger partial charge in [0.1, 0.15) is 5.78 Å². The summed E-state index contributed by atoms with van der Waals surface area (Å²) in [4.78, 5) is 36.3. The molecule has 2 unspecified atom stereocenters. The van der Waals surface area contributed by atoms with Crippen molar-refractivity contribution in [2.75, 3.05) is 6.54 Å². The van der Waals surface area contributed by atoms with Crippen molar-refractivity contribution in [1.29, 1.82) is 0 Å². The molecule has 2 atom stereocenters. The zero-order valence-electron chi connectivity index (χ0n) is 12.1. The molecule has 0 aromatic heterocycles. The number of amides is 2. The van der Waals surface area contributed by atoms with E-state index < -0.39 is 0 Å². The first-order valence-electron chi connectivity index (χ1n) is 7.08. The van der Waals surface area contributed by atoms with Crippen LogP contribution in [-0.2, 0) is 14.4 Å². The van der Waals surface area contributed by atoms with Crippen molar-refractivity contribution in [3.8, 4) is 0 Å². The molecule has 0 aromatic carbocycles. The van der Waals surface area contributed by atoms with E-state index in [1.807, 2.05) is 0 Å². The highest BCUT2D eigenvalue weighted by Gasteiger charge is 2.39. The Balaban J connectivity index is 2.33. The van der Waals surface area contributed by atoms with Crippen LogP contribution >= 0.6 is 34.4 Å². The van der Waals surface area contributed by atoms with Crippen molar-refractivity contribution < 1.29 is 14.4 Å². The topological polar surface area (TPSA) is 54.5 Å². The number of carbonyl (C=O) groups is 3. The molecule has 114 valence electrons. The van der Waals surface area contributed by atoms with Gasteiger partial charge in [-0.15, -0.1) is 11.8 Å². The molecular formula is C14H22INO3S. The van der Waals surface area contributed by atoms with Gasteiger partial charge in [0.25, 0.3) is 0 Å². The van der Waals surface area contributed by atoms with Crippen molar-refractivity contribution >= 4 is 52.0 Å². The van der Waals surface area contributed by atoms with Crippen LogP contribution in [0.25, 0.3) is 0 Å². The average molecular weight is 411 g/mol. The molecule has 2 amide bonds. The predicted molar refractivity (Wildman–Crippen MR) is 90.0 cm³/mol. The van der Waals surface area contributed by atoms with Crippen LogP contribution in [0, 0.1) is 0 Å².